The van der Waals surface area contributed by atoms with Gasteiger partial charge in [-0.15, -0.1) is 0 Å². The summed E-state index contributed by atoms with van der Waals surface area (Å²) in [7, 11) is 0. The van der Waals surface area contributed by atoms with Gasteiger partial charge in [0.05, 0.1) is 11.6 Å². The van der Waals surface area contributed by atoms with Crippen LogP contribution in [0.3, 0.4) is 0 Å². The molecular formula is C16H17NO. The molecule has 0 saturated heterocycles. The van der Waals surface area contributed by atoms with Gasteiger partial charge in [0.2, 0.25) is 0 Å². The average Bonchev–Trinajstić information content (AvgIpc) is 2.63. The van der Waals surface area contributed by atoms with E-state index in [1.165, 1.54) is 11.1 Å². The zero-order valence-electron chi connectivity index (χ0n) is 10.3. The number of benzene rings is 1. The summed E-state index contributed by atoms with van der Waals surface area (Å²) in [5, 5.41) is 11.1. The Balaban J connectivity index is 2.13. The minimum Gasteiger partial charge on any atom is -0.389 e. The maximum Gasteiger partial charge on any atom is 0.0776 e. The van der Waals surface area contributed by atoms with Crippen LogP contribution < -0.4 is 0 Å². The van der Waals surface area contributed by atoms with Crippen LogP contribution in [0.25, 0.3) is 16.5 Å². The number of pyridine rings is 1. The highest BCUT2D eigenvalue weighted by Crippen LogP contribution is 2.30. The number of allylic oxidation sites excluding steroid dienone is 1. The summed E-state index contributed by atoms with van der Waals surface area (Å²) in [5.74, 6) is 0. The lowest BCUT2D eigenvalue weighted by Gasteiger charge is -2.09. The van der Waals surface area contributed by atoms with Gasteiger partial charge < -0.3 is 5.11 Å². The fourth-order valence-electron chi connectivity index (χ4n) is 2.66. The molecule has 0 bridgehead atoms. The Morgan fingerprint density at radius 3 is 2.94 bits per heavy atom. The van der Waals surface area contributed by atoms with E-state index in [-0.39, 0.29) is 6.10 Å². The zero-order valence-corrected chi connectivity index (χ0v) is 10.3. The fraction of sp³-hybridized carbons (Fsp3) is 0.312. The SMILES string of the molecule is OC1C=C(c2cccc3cccnc23)CCCC1. The van der Waals surface area contributed by atoms with E-state index < -0.39 is 0 Å². The number of aliphatic hydroxyl groups is 1. The molecule has 0 aliphatic heterocycles. The molecule has 1 heterocycles. The second kappa shape index (κ2) is 4.91. The first-order valence-corrected chi connectivity index (χ1v) is 6.57. The van der Waals surface area contributed by atoms with Gasteiger partial charge in [-0.1, -0.05) is 36.8 Å². The number of fused-ring (bicyclic) bond motifs is 1. The molecule has 1 aromatic heterocycles. The number of rotatable bonds is 1. The van der Waals surface area contributed by atoms with E-state index in [0.29, 0.717) is 0 Å². The number of hydrogen-bond acceptors (Lipinski definition) is 2. The lowest BCUT2D eigenvalue weighted by molar-refractivity contribution is 0.211. The number of para-hydroxylation sites is 1. The molecule has 1 aromatic carbocycles. The molecule has 0 saturated carbocycles. The highest BCUT2D eigenvalue weighted by molar-refractivity contribution is 5.90. The third-order valence-electron chi connectivity index (χ3n) is 3.57. The monoisotopic (exact) mass is 239 g/mol. The van der Waals surface area contributed by atoms with Gasteiger partial charge in [0.15, 0.2) is 0 Å². The first kappa shape index (κ1) is 11.4. The number of aliphatic hydroxyl groups excluding tert-OH is 1. The van der Waals surface area contributed by atoms with Gasteiger partial charge in [0, 0.05) is 17.1 Å². The summed E-state index contributed by atoms with van der Waals surface area (Å²) in [5.41, 5.74) is 3.46. The van der Waals surface area contributed by atoms with Crippen molar-refractivity contribution < 1.29 is 5.11 Å². The lowest BCUT2D eigenvalue weighted by Crippen LogP contribution is -2.00. The molecule has 0 fully saturated rings. The minimum absolute atomic E-state index is 0.304. The molecule has 2 heteroatoms. The van der Waals surface area contributed by atoms with Gasteiger partial charge in [0.25, 0.3) is 0 Å². The van der Waals surface area contributed by atoms with Crippen molar-refractivity contribution in [1.82, 2.24) is 4.98 Å². The summed E-state index contributed by atoms with van der Waals surface area (Å²) >= 11 is 0. The Morgan fingerprint density at radius 2 is 2.00 bits per heavy atom. The van der Waals surface area contributed by atoms with Crippen LogP contribution in [-0.2, 0) is 0 Å². The van der Waals surface area contributed by atoms with Crippen molar-refractivity contribution in [3.05, 3.63) is 48.2 Å². The highest BCUT2D eigenvalue weighted by atomic mass is 16.3. The first-order valence-electron chi connectivity index (χ1n) is 6.57. The van der Waals surface area contributed by atoms with Gasteiger partial charge in [-0.25, -0.2) is 0 Å². The van der Waals surface area contributed by atoms with E-state index >= 15 is 0 Å². The largest absolute Gasteiger partial charge is 0.389 e. The van der Waals surface area contributed by atoms with Crippen molar-refractivity contribution in [2.45, 2.75) is 31.8 Å². The zero-order chi connectivity index (χ0) is 12.4. The maximum atomic E-state index is 9.90. The summed E-state index contributed by atoms with van der Waals surface area (Å²) in [6, 6.07) is 10.3. The molecule has 0 amide bonds. The highest BCUT2D eigenvalue weighted by Gasteiger charge is 2.13. The third kappa shape index (κ3) is 2.16. The Morgan fingerprint density at radius 1 is 1.11 bits per heavy atom. The molecule has 0 spiro atoms. The standard InChI is InChI=1S/C16H17NO/c18-14-8-2-1-5-13(11-14)15-9-3-6-12-7-4-10-17-16(12)15/h3-4,6-7,9-11,14,18H,1-2,5,8H2. The molecular weight excluding hydrogens is 222 g/mol. The molecule has 2 aromatic rings. The normalized spacial score (nSPS) is 20.5. The summed E-state index contributed by atoms with van der Waals surface area (Å²) in [6.07, 6.45) is 7.69. The quantitative estimate of drug-likeness (QED) is 0.825. The Labute approximate surface area is 107 Å². The fourth-order valence-corrected chi connectivity index (χ4v) is 2.66. The number of hydrogen-bond donors (Lipinski definition) is 1. The first-order chi connectivity index (χ1) is 8.84. The minimum atomic E-state index is -0.304. The summed E-state index contributed by atoms with van der Waals surface area (Å²) in [6.45, 7) is 0. The molecule has 1 unspecified atom stereocenters. The van der Waals surface area contributed by atoms with E-state index in [9.17, 15) is 5.11 Å². The van der Waals surface area contributed by atoms with E-state index in [1.54, 1.807) is 0 Å². The van der Waals surface area contributed by atoms with Crippen molar-refractivity contribution >= 4 is 16.5 Å². The molecule has 92 valence electrons. The van der Waals surface area contributed by atoms with Crippen LogP contribution in [0.1, 0.15) is 31.2 Å². The topological polar surface area (TPSA) is 33.1 Å². The molecule has 2 nitrogen and oxygen atoms in total. The van der Waals surface area contributed by atoms with E-state index in [0.717, 1.165) is 36.6 Å². The summed E-state index contributed by atoms with van der Waals surface area (Å²) in [4.78, 5) is 4.49. The van der Waals surface area contributed by atoms with Crippen LogP contribution in [0.2, 0.25) is 0 Å². The van der Waals surface area contributed by atoms with Crippen LogP contribution in [0.5, 0.6) is 0 Å². The van der Waals surface area contributed by atoms with E-state index in [2.05, 4.69) is 29.2 Å². The van der Waals surface area contributed by atoms with Crippen molar-refractivity contribution in [2.75, 3.05) is 0 Å². The van der Waals surface area contributed by atoms with E-state index in [1.807, 2.05) is 18.3 Å². The lowest BCUT2D eigenvalue weighted by atomic mass is 9.98. The molecule has 1 N–H and O–H groups in total. The predicted octanol–water partition coefficient (Wildman–Crippen LogP) is 3.55. The van der Waals surface area contributed by atoms with Crippen molar-refractivity contribution in [2.24, 2.45) is 0 Å². The third-order valence-corrected chi connectivity index (χ3v) is 3.57. The molecule has 18 heavy (non-hydrogen) atoms. The van der Waals surface area contributed by atoms with Crippen molar-refractivity contribution in [1.29, 1.82) is 0 Å². The van der Waals surface area contributed by atoms with Gasteiger partial charge in [-0.05, 0) is 30.9 Å². The number of nitrogens with zero attached hydrogens (tertiary/aromatic N) is 1. The second-order valence-corrected chi connectivity index (χ2v) is 4.89. The smallest absolute Gasteiger partial charge is 0.0776 e. The number of aromatic nitrogens is 1. The van der Waals surface area contributed by atoms with E-state index in [4.69, 9.17) is 0 Å². The second-order valence-electron chi connectivity index (χ2n) is 4.89. The Bertz CT molecular complexity index is 583. The van der Waals surface area contributed by atoms with Gasteiger partial charge >= 0.3 is 0 Å². The van der Waals surface area contributed by atoms with Crippen LogP contribution in [0, 0.1) is 0 Å². The maximum absolute atomic E-state index is 9.90. The predicted molar refractivity (Wildman–Crippen MR) is 74.2 cm³/mol. The van der Waals surface area contributed by atoms with Crippen LogP contribution in [0.4, 0.5) is 0 Å². The Kier molecular flexibility index (Phi) is 3.11. The summed E-state index contributed by atoms with van der Waals surface area (Å²) < 4.78 is 0. The van der Waals surface area contributed by atoms with Crippen LogP contribution in [-0.4, -0.2) is 16.2 Å². The molecule has 3 rings (SSSR count). The van der Waals surface area contributed by atoms with Crippen LogP contribution in [0.15, 0.2) is 42.6 Å². The van der Waals surface area contributed by atoms with Gasteiger partial charge in [-0.2, -0.15) is 0 Å². The molecule has 1 aliphatic rings. The molecule has 1 aliphatic carbocycles. The molecule has 0 radical (unpaired) electrons. The van der Waals surface area contributed by atoms with Crippen LogP contribution >= 0.6 is 0 Å². The average molecular weight is 239 g/mol. The van der Waals surface area contributed by atoms with Gasteiger partial charge in [-0.3, -0.25) is 4.98 Å². The van der Waals surface area contributed by atoms with Gasteiger partial charge in [0.1, 0.15) is 0 Å². The van der Waals surface area contributed by atoms with Crippen molar-refractivity contribution in [3.8, 4) is 0 Å². The van der Waals surface area contributed by atoms with Crippen molar-refractivity contribution in [3.63, 3.8) is 0 Å². The molecule has 1 atom stereocenters. The Hall–Kier alpha value is -1.67.